The van der Waals surface area contributed by atoms with Crippen LogP contribution >= 0.6 is 0 Å². The second-order valence-electron chi connectivity index (χ2n) is 5.82. The Hall–Kier alpha value is -2.51. The molecule has 1 unspecified atom stereocenters. The molecule has 142 valence electrons. The van der Waals surface area contributed by atoms with Crippen LogP contribution in [0.5, 0.6) is 0 Å². The number of nitrogens with one attached hydrogen (secondary N) is 2. The first kappa shape index (κ1) is 19.8. The van der Waals surface area contributed by atoms with Crippen molar-refractivity contribution in [2.24, 2.45) is 4.99 Å². The van der Waals surface area contributed by atoms with Gasteiger partial charge in [-0.2, -0.15) is 13.2 Å². The van der Waals surface area contributed by atoms with Crippen molar-refractivity contribution >= 4 is 5.96 Å². The third kappa shape index (κ3) is 5.50. The van der Waals surface area contributed by atoms with Gasteiger partial charge in [0.15, 0.2) is 11.7 Å². The molecule has 26 heavy (non-hydrogen) atoms. The maximum atomic E-state index is 12.9. The lowest BCUT2D eigenvalue weighted by Crippen LogP contribution is -2.38. The summed E-state index contributed by atoms with van der Waals surface area (Å²) in [5.41, 5.74) is 0.711. The van der Waals surface area contributed by atoms with Gasteiger partial charge in [-0.1, -0.05) is 24.2 Å². The van der Waals surface area contributed by atoms with E-state index in [1.54, 1.807) is 13.0 Å². The molecule has 8 heteroatoms. The van der Waals surface area contributed by atoms with Crippen LogP contribution in [0.25, 0.3) is 0 Å². The molecule has 1 aromatic heterocycles. The van der Waals surface area contributed by atoms with E-state index >= 15 is 0 Å². The van der Waals surface area contributed by atoms with Crippen molar-refractivity contribution in [2.45, 2.75) is 46.0 Å². The number of aryl methyl sites for hydroxylation is 1. The molecule has 2 N–H and O–H groups in total. The maximum Gasteiger partial charge on any atom is 0.416 e. The van der Waals surface area contributed by atoms with Gasteiger partial charge in [-0.05, 0) is 38.0 Å². The fraction of sp³-hybridized carbons (Fsp3) is 0.444. The van der Waals surface area contributed by atoms with Gasteiger partial charge in [-0.3, -0.25) is 0 Å². The number of rotatable bonds is 6. The number of alkyl halides is 3. The minimum atomic E-state index is -4.36. The molecular formula is C18H23F3N4O. The first-order chi connectivity index (χ1) is 12.3. The number of halogens is 3. The molecule has 0 aliphatic carbocycles. The predicted molar refractivity (Wildman–Crippen MR) is 93.7 cm³/mol. The van der Waals surface area contributed by atoms with E-state index in [4.69, 9.17) is 4.52 Å². The van der Waals surface area contributed by atoms with Crippen LogP contribution in [0.3, 0.4) is 0 Å². The normalized spacial score (nSPS) is 13.5. The van der Waals surface area contributed by atoms with Gasteiger partial charge in [0.1, 0.15) is 6.54 Å². The Morgan fingerprint density at radius 3 is 2.65 bits per heavy atom. The van der Waals surface area contributed by atoms with Crippen LogP contribution < -0.4 is 10.6 Å². The second-order valence-corrected chi connectivity index (χ2v) is 5.82. The summed E-state index contributed by atoms with van der Waals surface area (Å²) in [6.07, 6.45) is -3.59. The number of aromatic nitrogens is 1. The topological polar surface area (TPSA) is 62.5 Å². The Balaban J connectivity index is 2.09. The fourth-order valence-electron chi connectivity index (χ4n) is 2.35. The van der Waals surface area contributed by atoms with E-state index < -0.39 is 11.7 Å². The van der Waals surface area contributed by atoms with E-state index in [0.29, 0.717) is 23.8 Å². The summed E-state index contributed by atoms with van der Waals surface area (Å²) >= 11 is 0. The third-order valence-corrected chi connectivity index (χ3v) is 3.77. The van der Waals surface area contributed by atoms with Gasteiger partial charge in [0, 0.05) is 12.6 Å². The minimum Gasteiger partial charge on any atom is -0.359 e. The van der Waals surface area contributed by atoms with E-state index in [2.05, 4.69) is 20.8 Å². The maximum absolute atomic E-state index is 12.9. The molecule has 0 saturated carbocycles. The molecule has 1 heterocycles. The van der Waals surface area contributed by atoms with Gasteiger partial charge < -0.3 is 15.2 Å². The van der Waals surface area contributed by atoms with E-state index in [1.165, 1.54) is 6.07 Å². The number of benzene rings is 1. The van der Waals surface area contributed by atoms with Crippen molar-refractivity contribution in [1.29, 1.82) is 0 Å². The largest absolute Gasteiger partial charge is 0.416 e. The van der Waals surface area contributed by atoms with Crippen LogP contribution in [0, 0.1) is 0 Å². The number of nitrogens with zero attached hydrogens (tertiary/aromatic N) is 2. The Bertz CT molecular complexity index is 740. The molecule has 1 atom stereocenters. The van der Waals surface area contributed by atoms with Crippen molar-refractivity contribution in [2.75, 3.05) is 6.54 Å². The lowest BCUT2D eigenvalue weighted by Gasteiger charge is -2.19. The van der Waals surface area contributed by atoms with Gasteiger partial charge in [0.25, 0.3) is 0 Å². The van der Waals surface area contributed by atoms with E-state index in [-0.39, 0.29) is 12.6 Å². The summed E-state index contributed by atoms with van der Waals surface area (Å²) in [4.78, 5) is 4.41. The highest BCUT2D eigenvalue weighted by Crippen LogP contribution is 2.30. The number of hydrogen-bond acceptors (Lipinski definition) is 3. The zero-order valence-electron chi connectivity index (χ0n) is 15.0. The van der Waals surface area contributed by atoms with Crippen molar-refractivity contribution in [3.63, 3.8) is 0 Å². The van der Waals surface area contributed by atoms with Crippen LogP contribution in [0.2, 0.25) is 0 Å². The average molecular weight is 368 g/mol. The van der Waals surface area contributed by atoms with Gasteiger partial charge in [-0.25, -0.2) is 4.99 Å². The summed E-state index contributed by atoms with van der Waals surface area (Å²) in [5, 5.41) is 10.1. The molecule has 0 spiro atoms. The van der Waals surface area contributed by atoms with Crippen LogP contribution in [-0.4, -0.2) is 17.7 Å². The van der Waals surface area contributed by atoms with Gasteiger partial charge >= 0.3 is 6.18 Å². The van der Waals surface area contributed by atoms with Gasteiger partial charge in [-0.15, -0.1) is 0 Å². The molecule has 2 rings (SSSR count). The van der Waals surface area contributed by atoms with Crippen molar-refractivity contribution in [3.8, 4) is 0 Å². The Morgan fingerprint density at radius 2 is 2.04 bits per heavy atom. The lowest BCUT2D eigenvalue weighted by molar-refractivity contribution is -0.137. The molecule has 0 radical (unpaired) electrons. The molecular weight excluding hydrogens is 345 g/mol. The van der Waals surface area contributed by atoms with E-state index in [9.17, 15) is 13.2 Å². The molecule has 2 aromatic rings. The number of guanidine groups is 1. The van der Waals surface area contributed by atoms with Crippen molar-refractivity contribution in [1.82, 2.24) is 15.8 Å². The highest BCUT2D eigenvalue weighted by atomic mass is 19.4. The van der Waals surface area contributed by atoms with Gasteiger partial charge in [0.05, 0.1) is 17.3 Å². The quantitative estimate of drug-likeness (QED) is 0.596. The Kier molecular flexibility index (Phi) is 6.65. The first-order valence-electron chi connectivity index (χ1n) is 8.50. The molecule has 0 aliphatic rings. The third-order valence-electron chi connectivity index (χ3n) is 3.77. The lowest BCUT2D eigenvalue weighted by atomic mass is 10.1. The summed E-state index contributed by atoms with van der Waals surface area (Å²) < 4.78 is 43.8. The molecule has 0 amide bonds. The Labute approximate surface area is 150 Å². The minimum absolute atomic E-state index is 0.289. The summed E-state index contributed by atoms with van der Waals surface area (Å²) in [6.45, 7) is 6.59. The van der Waals surface area contributed by atoms with Crippen molar-refractivity contribution in [3.05, 3.63) is 52.9 Å². The summed E-state index contributed by atoms with van der Waals surface area (Å²) in [5.74, 6) is 1.12. The molecule has 0 bridgehead atoms. The first-order valence-corrected chi connectivity index (χ1v) is 8.50. The van der Waals surface area contributed by atoms with E-state index in [1.807, 2.05) is 19.9 Å². The zero-order valence-corrected chi connectivity index (χ0v) is 15.0. The molecule has 1 aromatic carbocycles. The number of aliphatic imine (C=N–C) groups is 1. The average Bonchev–Trinajstić information content (AvgIpc) is 3.07. The molecule has 5 nitrogen and oxygen atoms in total. The highest BCUT2D eigenvalue weighted by Gasteiger charge is 2.30. The van der Waals surface area contributed by atoms with Crippen LogP contribution in [0.4, 0.5) is 13.2 Å². The smallest absolute Gasteiger partial charge is 0.359 e. The van der Waals surface area contributed by atoms with Gasteiger partial charge in [0.2, 0.25) is 0 Å². The molecule has 0 aliphatic heterocycles. The standard InChI is InChI=1S/C18H23F3N4O/c1-4-15-10-16(26-25-15)11-23-17(22-5-2)24-12(3)13-7-6-8-14(9-13)18(19,20)21/h6-10,12H,4-5,11H2,1-3H3,(H2,22,23,24). The second kappa shape index (κ2) is 8.73. The Morgan fingerprint density at radius 1 is 1.27 bits per heavy atom. The van der Waals surface area contributed by atoms with Crippen LogP contribution in [0.1, 0.15) is 49.4 Å². The predicted octanol–water partition coefficient (Wildman–Crippen LogP) is 4.07. The van der Waals surface area contributed by atoms with Crippen molar-refractivity contribution < 1.29 is 17.7 Å². The SMILES string of the molecule is CCNC(=NCc1cc(CC)no1)NC(C)c1cccc(C(F)(F)F)c1. The van der Waals surface area contributed by atoms with E-state index in [0.717, 1.165) is 24.2 Å². The molecule has 0 fully saturated rings. The summed E-state index contributed by atoms with van der Waals surface area (Å²) in [7, 11) is 0. The zero-order chi connectivity index (χ0) is 19.2. The van der Waals surface area contributed by atoms with Crippen LogP contribution in [-0.2, 0) is 19.1 Å². The fourth-order valence-corrected chi connectivity index (χ4v) is 2.35. The monoisotopic (exact) mass is 368 g/mol. The summed E-state index contributed by atoms with van der Waals surface area (Å²) in [6, 6.07) is 6.75. The molecule has 0 saturated heterocycles. The highest BCUT2D eigenvalue weighted by molar-refractivity contribution is 5.80. The number of hydrogen-bond donors (Lipinski definition) is 2. The van der Waals surface area contributed by atoms with Crippen LogP contribution in [0.15, 0.2) is 39.8 Å².